The lowest BCUT2D eigenvalue weighted by atomic mass is 9.83. The highest BCUT2D eigenvalue weighted by Gasteiger charge is 2.34. The van der Waals surface area contributed by atoms with Gasteiger partial charge in [0.15, 0.2) is 11.5 Å². The second-order valence-corrected chi connectivity index (χ2v) is 12.0. The van der Waals surface area contributed by atoms with Crippen molar-refractivity contribution in [2.75, 3.05) is 13.1 Å². The Morgan fingerprint density at radius 2 is 1.80 bits per heavy atom. The van der Waals surface area contributed by atoms with E-state index < -0.39 is 29.8 Å². The minimum absolute atomic E-state index is 0.0163. The van der Waals surface area contributed by atoms with Gasteiger partial charge in [0.1, 0.15) is 23.4 Å². The van der Waals surface area contributed by atoms with E-state index in [0.717, 1.165) is 11.1 Å². The first-order chi connectivity index (χ1) is 20.9. The Balaban J connectivity index is 1.71. The molecule has 3 rings (SSSR count). The van der Waals surface area contributed by atoms with Crippen molar-refractivity contribution in [3.8, 4) is 6.07 Å². The molecule has 0 aliphatic carbocycles. The standard InChI is InChI=1S/C33H43N5O6/c1-20(2)14-27(18-34)33(43)38-12-10-24(11-13-38)16-26(31(41)35-19-25-8-6-21(3)7-9-25)17-29(40)30(23(5)39)36-32(42)28-15-22(4)44-37-28/h6-9,14-15,20,23-24,26,30,39H,10-13,16-17,19H2,1-5H3,(H,35,41)(H,36,42)/t23-,26-,30+/m1/s1. The second-order valence-electron chi connectivity index (χ2n) is 12.0. The maximum absolute atomic E-state index is 13.5. The SMILES string of the molecule is Cc1ccc(CNC(=O)[C@@H](CC(=O)[C@@H](NC(=O)c2cc(C)on2)[C@@H](C)O)CC2CCN(C(=O)C(C#N)=CC(C)C)CC2)cc1. The van der Waals surface area contributed by atoms with E-state index in [0.29, 0.717) is 38.1 Å². The van der Waals surface area contributed by atoms with Crippen LogP contribution in [0.5, 0.6) is 0 Å². The number of hydrogen-bond donors (Lipinski definition) is 3. The molecule has 1 saturated heterocycles. The summed E-state index contributed by atoms with van der Waals surface area (Å²) in [7, 11) is 0. The summed E-state index contributed by atoms with van der Waals surface area (Å²) in [5, 5.41) is 29.0. The summed E-state index contributed by atoms with van der Waals surface area (Å²) in [6, 6.07) is 9.95. The maximum Gasteiger partial charge on any atom is 0.274 e. The Kier molecular flexibility index (Phi) is 12.4. The highest BCUT2D eigenvalue weighted by Crippen LogP contribution is 2.28. The van der Waals surface area contributed by atoms with E-state index in [2.05, 4.69) is 15.8 Å². The van der Waals surface area contributed by atoms with E-state index in [1.807, 2.05) is 51.1 Å². The number of aromatic nitrogens is 1. The summed E-state index contributed by atoms with van der Waals surface area (Å²) in [5.41, 5.74) is 2.13. The van der Waals surface area contributed by atoms with Crippen LogP contribution < -0.4 is 10.6 Å². The highest BCUT2D eigenvalue weighted by molar-refractivity contribution is 5.98. The van der Waals surface area contributed by atoms with Gasteiger partial charge < -0.3 is 25.2 Å². The predicted molar refractivity (Wildman–Crippen MR) is 163 cm³/mol. The summed E-state index contributed by atoms with van der Waals surface area (Å²) in [6.45, 7) is 10.00. The van der Waals surface area contributed by atoms with Crippen LogP contribution in [0.3, 0.4) is 0 Å². The van der Waals surface area contributed by atoms with Crippen LogP contribution in [0.1, 0.15) is 73.8 Å². The highest BCUT2D eigenvalue weighted by atomic mass is 16.5. The molecular formula is C33H43N5O6. The van der Waals surface area contributed by atoms with Crippen LogP contribution in [-0.4, -0.2) is 63.9 Å². The Bertz CT molecular complexity index is 1380. The minimum atomic E-state index is -1.25. The third kappa shape index (κ3) is 9.88. The second kappa shape index (κ2) is 16.0. The molecule has 0 radical (unpaired) electrons. The van der Waals surface area contributed by atoms with E-state index in [1.165, 1.54) is 13.0 Å². The van der Waals surface area contributed by atoms with Crippen molar-refractivity contribution >= 4 is 23.5 Å². The summed E-state index contributed by atoms with van der Waals surface area (Å²) < 4.78 is 4.94. The Hall–Kier alpha value is -4.30. The molecule has 3 amide bonds. The molecule has 11 nitrogen and oxygen atoms in total. The predicted octanol–water partition coefficient (Wildman–Crippen LogP) is 3.40. The van der Waals surface area contributed by atoms with Gasteiger partial charge in [0, 0.05) is 38.0 Å². The first-order valence-electron chi connectivity index (χ1n) is 15.1. The van der Waals surface area contributed by atoms with Crippen LogP contribution in [0.25, 0.3) is 0 Å². The van der Waals surface area contributed by atoms with E-state index >= 15 is 0 Å². The smallest absolute Gasteiger partial charge is 0.274 e. The summed E-state index contributed by atoms with van der Waals surface area (Å²) >= 11 is 0. The fourth-order valence-corrected chi connectivity index (χ4v) is 5.29. The zero-order valence-corrected chi connectivity index (χ0v) is 26.1. The third-order valence-corrected chi connectivity index (χ3v) is 7.75. The number of aryl methyl sites for hydroxylation is 2. The van der Waals surface area contributed by atoms with Crippen LogP contribution >= 0.6 is 0 Å². The number of piperidine rings is 1. The first-order valence-corrected chi connectivity index (χ1v) is 15.1. The molecule has 236 valence electrons. The lowest BCUT2D eigenvalue weighted by Crippen LogP contribution is -2.49. The quantitative estimate of drug-likeness (QED) is 0.231. The number of benzene rings is 1. The molecule has 0 spiro atoms. The van der Waals surface area contributed by atoms with Gasteiger partial charge in [-0.3, -0.25) is 19.2 Å². The summed E-state index contributed by atoms with van der Waals surface area (Å²) in [4.78, 5) is 54.2. The van der Waals surface area contributed by atoms with Gasteiger partial charge in [-0.2, -0.15) is 5.26 Å². The van der Waals surface area contributed by atoms with Crippen LogP contribution in [-0.2, 0) is 20.9 Å². The van der Waals surface area contributed by atoms with E-state index in [4.69, 9.17) is 4.52 Å². The van der Waals surface area contributed by atoms with Crippen LogP contribution in [0.2, 0.25) is 0 Å². The molecule has 3 atom stereocenters. The zero-order chi connectivity index (χ0) is 32.4. The fraction of sp³-hybridized carbons (Fsp3) is 0.515. The maximum atomic E-state index is 13.5. The van der Waals surface area contributed by atoms with Gasteiger partial charge >= 0.3 is 0 Å². The van der Waals surface area contributed by atoms with Crippen molar-refractivity contribution in [1.82, 2.24) is 20.7 Å². The number of nitrogens with one attached hydrogen (secondary N) is 2. The minimum Gasteiger partial charge on any atom is -0.391 e. The van der Waals surface area contributed by atoms with Crippen LogP contribution in [0.4, 0.5) is 0 Å². The normalized spacial score (nSPS) is 16.1. The van der Waals surface area contributed by atoms with Gasteiger partial charge in [-0.05, 0) is 57.4 Å². The Labute approximate surface area is 258 Å². The van der Waals surface area contributed by atoms with E-state index in [1.54, 1.807) is 17.9 Å². The Morgan fingerprint density at radius 1 is 1.14 bits per heavy atom. The largest absolute Gasteiger partial charge is 0.391 e. The van der Waals surface area contributed by atoms with E-state index in [9.17, 15) is 29.5 Å². The number of carbonyl (C=O) groups excluding carboxylic acids is 4. The summed E-state index contributed by atoms with van der Waals surface area (Å²) in [6.07, 6.45) is 1.88. The van der Waals surface area contributed by atoms with Crippen molar-refractivity contribution in [3.63, 3.8) is 0 Å². The number of nitriles is 1. The molecule has 0 bridgehead atoms. The lowest BCUT2D eigenvalue weighted by Gasteiger charge is -2.33. The van der Waals surface area contributed by atoms with Crippen molar-refractivity contribution in [2.45, 2.75) is 79.0 Å². The molecule has 2 aromatic rings. The van der Waals surface area contributed by atoms with Gasteiger partial charge in [-0.1, -0.05) is 54.9 Å². The average Bonchev–Trinajstić information content (AvgIpc) is 3.43. The topological polar surface area (TPSA) is 166 Å². The molecule has 1 aliphatic heterocycles. The third-order valence-electron chi connectivity index (χ3n) is 7.75. The molecule has 1 aromatic heterocycles. The van der Waals surface area contributed by atoms with Gasteiger partial charge in [0.2, 0.25) is 5.91 Å². The van der Waals surface area contributed by atoms with Crippen LogP contribution in [0.15, 0.2) is 46.5 Å². The number of ketones is 1. The molecule has 3 N–H and O–H groups in total. The molecule has 1 aliphatic rings. The number of likely N-dealkylation sites (tertiary alicyclic amines) is 1. The average molecular weight is 606 g/mol. The van der Waals surface area contributed by atoms with Gasteiger partial charge in [0.05, 0.1) is 6.10 Å². The molecule has 0 saturated carbocycles. The van der Waals surface area contributed by atoms with Crippen molar-refractivity contribution in [1.29, 1.82) is 5.26 Å². The molecule has 44 heavy (non-hydrogen) atoms. The number of hydrogen-bond acceptors (Lipinski definition) is 8. The Morgan fingerprint density at radius 3 is 2.34 bits per heavy atom. The molecule has 1 aromatic carbocycles. The molecule has 0 unspecified atom stereocenters. The van der Waals surface area contributed by atoms with Crippen molar-refractivity contribution < 1.29 is 28.8 Å². The van der Waals surface area contributed by atoms with E-state index in [-0.39, 0.29) is 47.9 Å². The van der Waals surface area contributed by atoms with Crippen molar-refractivity contribution in [3.05, 3.63) is 64.6 Å². The number of carbonyl (C=O) groups is 4. The van der Waals surface area contributed by atoms with Gasteiger partial charge in [-0.25, -0.2) is 0 Å². The number of aliphatic hydroxyl groups is 1. The lowest BCUT2D eigenvalue weighted by molar-refractivity contribution is -0.132. The summed E-state index contributed by atoms with van der Waals surface area (Å²) in [5.74, 6) is -1.91. The number of rotatable bonds is 13. The van der Waals surface area contributed by atoms with Crippen LogP contribution in [0, 0.1) is 42.9 Å². The van der Waals surface area contributed by atoms with Gasteiger partial charge in [0.25, 0.3) is 11.8 Å². The number of aliphatic hydroxyl groups excluding tert-OH is 1. The molecule has 11 heteroatoms. The molecule has 2 heterocycles. The van der Waals surface area contributed by atoms with Gasteiger partial charge in [-0.15, -0.1) is 0 Å². The fourth-order valence-electron chi connectivity index (χ4n) is 5.29. The number of amides is 3. The first kappa shape index (κ1) is 34.2. The van der Waals surface area contributed by atoms with Crippen molar-refractivity contribution in [2.24, 2.45) is 17.8 Å². The number of nitrogens with zero attached hydrogens (tertiary/aromatic N) is 3. The number of allylic oxidation sites excluding steroid dienone is 1. The molecule has 1 fully saturated rings. The molecular weight excluding hydrogens is 562 g/mol. The number of Topliss-reactive ketones (excluding diaryl/α,β-unsaturated/α-hetero) is 1. The monoisotopic (exact) mass is 605 g/mol. The zero-order valence-electron chi connectivity index (χ0n) is 26.1.